The molecule has 0 unspecified atom stereocenters. The van der Waals surface area contributed by atoms with Crippen molar-refractivity contribution in [1.82, 2.24) is 15.5 Å². The van der Waals surface area contributed by atoms with Gasteiger partial charge in [0.05, 0.1) is 13.2 Å². The fourth-order valence-corrected chi connectivity index (χ4v) is 2.91. The molecule has 1 atom stereocenters. The van der Waals surface area contributed by atoms with Gasteiger partial charge in [-0.1, -0.05) is 6.07 Å². The predicted octanol–water partition coefficient (Wildman–Crippen LogP) is 0.978. The monoisotopic (exact) mass is 335 g/mol. The number of amides is 2. The van der Waals surface area contributed by atoms with Crippen LogP contribution in [0.15, 0.2) is 18.2 Å². The first-order chi connectivity index (χ1) is 11.7. The van der Waals surface area contributed by atoms with E-state index >= 15 is 0 Å². The molecule has 2 N–H and O–H groups in total. The third kappa shape index (κ3) is 4.75. The molecule has 0 radical (unpaired) electrons. The summed E-state index contributed by atoms with van der Waals surface area (Å²) in [6, 6.07) is 5.84. The van der Waals surface area contributed by atoms with E-state index in [0.717, 1.165) is 56.3 Å². The lowest BCUT2D eigenvalue weighted by atomic mass is 10.1. The zero-order chi connectivity index (χ0) is 16.8. The Labute approximate surface area is 142 Å². The van der Waals surface area contributed by atoms with Crippen molar-refractivity contribution in [3.63, 3.8) is 0 Å². The zero-order valence-corrected chi connectivity index (χ0v) is 14.0. The number of nitrogens with one attached hydrogen (secondary N) is 2. The minimum absolute atomic E-state index is 0.105. The van der Waals surface area contributed by atoms with Crippen LogP contribution in [0.25, 0.3) is 0 Å². The van der Waals surface area contributed by atoms with E-state index in [0.29, 0.717) is 6.54 Å². The van der Waals surface area contributed by atoms with Gasteiger partial charge in [0.2, 0.25) is 6.79 Å². The average molecular weight is 335 g/mol. The quantitative estimate of drug-likeness (QED) is 0.811. The van der Waals surface area contributed by atoms with Crippen molar-refractivity contribution in [2.45, 2.75) is 19.4 Å². The summed E-state index contributed by atoms with van der Waals surface area (Å²) in [5, 5.41) is 5.88. The number of hydrogen-bond donors (Lipinski definition) is 2. The van der Waals surface area contributed by atoms with Crippen LogP contribution < -0.4 is 20.1 Å². The number of nitrogens with zero attached hydrogens (tertiary/aromatic N) is 1. The maximum atomic E-state index is 12.0. The number of benzene rings is 1. The lowest BCUT2D eigenvalue weighted by Gasteiger charge is -2.29. The first-order valence-corrected chi connectivity index (χ1v) is 8.44. The van der Waals surface area contributed by atoms with E-state index in [2.05, 4.69) is 15.5 Å². The van der Waals surface area contributed by atoms with E-state index in [4.69, 9.17) is 14.2 Å². The highest BCUT2D eigenvalue weighted by atomic mass is 16.7. The zero-order valence-electron chi connectivity index (χ0n) is 14.0. The number of hydrogen-bond acceptors (Lipinski definition) is 5. The molecule has 1 aromatic carbocycles. The number of ether oxygens (including phenoxy) is 3. The van der Waals surface area contributed by atoms with Gasteiger partial charge in [0.1, 0.15) is 0 Å². The molecular weight excluding hydrogens is 310 g/mol. The SMILES string of the molecule is C[C@@H](CN1CCOCC1)NC(=O)NCCc1ccc2c(c1)OCO2. The Bertz CT molecular complexity index is 561. The Morgan fingerprint density at radius 2 is 2.04 bits per heavy atom. The van der Waals surface area contributed by atoms with Crippen LogP contribution in [0.2, 0.25) is 0 Å². The first kappa shape index (κ1) is 16.9. The van der Waals surface area contributed by atoms with Crippen LogP contribution in [-0.2, 0) is 11.2 Å². The summed E-state index contributed by atoms with van der Waals surface area (Å²) in [7, 11) is 0. The van der Waals surface area contributed by atoms with Gasteiger partial charge in [0, 0.05) is 32.2 Å². The number of carbonyl (C=O) groups excluding carboxylic acids is 1. The molecule has 1 fully saturated rings. The molecule has 0 aromatic heterocycles. The van der Waals surface area contributed by atoms with Gasteiger partial charge in [-0.05, 0) is 31.0 Å². The van der Waals surface area contributed by atoms with Gasteiger partial charge in [0.15, 0.2) is 11.5 Å². The molecule has 7 nitrogen and oxygen atoms in total. The average Bonchev–Trinajstić information content (AvgIpc) is 3.03. The van der Waals surface area contributed by atoms with Gasteiger partial charge >= 0.3 is 6.03 Å². The molecule has 1 saturated heterocycles. The summed E-state index contributed by atoms with van der Waals surface area (Å²) in [4.78, 5) is 14.3. The summed E-state index contributed by atoms with van der Waals surface area (Å²) in [5.74, 6) is 1.55. The summed E-state index contributed by atoms with van der Waals surface area (Å²) < 4.78 is 16.0. The van der Waals surface area contributed by atoms with Crippen molar-refractivity contribution < 1.29 is 19.0 Å². The molecule has 2 amide bonds. The highest BCUT2D eigenvalue weighted by Crippen LogP contribution is 2.32. The molecule has 3 rings (SSSR count). The Balaban J connectivity index is 1.34. The molecule has 2 heterocycles. The van der Waals surface area contributed by atoms with Crippen molar-refractivity contribution in [2.75, 3.05) is 46.2 Å². The van der Waals surface area contributed by atoms with Crippen molar-refractivity contribution in [1.29, 1.82) is 0 Å². The topological polar surface area (TPSA) is 72.1 Å². The minimum atomic E-state index is -0.128. The van der Waals surface area contributed by atoms with E-state index in [-0.39, 0.29) is 18.9 Å². The lowest BCUT2D eigenvalue weighted by Crippen LogP contribution is -2.48. The van der Waals surface area contributed by atoms with E-state index in [1.165, 1.54) is 0 Å². The third-order valence-corrected chi connectivity index (χ3v) is 4.15. The van der Waals surface area contributed by atoms with Gasteiger partial charge in [-0.3, -0.25) is 4.90 Å². The second kappa shape index (κ2) is 8.21. The number of carbonyl (C=O) groups is 1. The number of morpholine rings is 1. The highest BCUT2D eigenvalue weighted by molar-refractivity contribution is 5.74. The highest BCUT2D eigenvalue weighted by Gasteiger charge is 2.15. The second-order valence-corrected chi connectivity index (χ2v) is 6.15. The van der Waals surface area contributed by atoms with Gasteiger partial charge in [0.25, 0.3) is 0 Å². The molecule has 1 aromatic rings. The molecule has 7 heteroatoms. The van der Waals surface area contributed by atoms with Crippen molar-refractivity contribution in [2.24, 2.45) is 0 Å². The summed E-state index contributed by atoms with van der Waals surface area (Å²) in [5.41, 5.74) is 1.11. The third-order valence-electron chi connectivity index (χ3n) is 4.15. The maximum absolute atomic E-state index is 12.0. The van der Waals surface area contributed by atoms with Crippen LogP contribution in [-0.4, -0.2) is 63.2 Å². The summed E-state index contributed by atoms with van der Waals surface area (Å²) >= 11 is 0. The molecular formula is C17H25N3O4. The van der Waals surface area contributed by atoms with E-state index in [9.17, 15) is 4.79 Å². The van der Waals surface area contributed by atoms with Crippen LogP contribution in [0.1, 0.15) is 12.5 Å². The normalized spacial score (nSPS) is 18.2. The maximum Gasteiger partial charge on any atom is 0.315 e. The fraction of sp³-hybridized carbons (Fsp3) is 0.588. The first-order valence-electron chi connectivity index (χ1n) is 8.44. The van der Waals surface area contributed by atoms with Crippen molar-refractivity contribution in [3.05, 3.63) is 23.8 Å². The van der Waals surface area contributed by atoms with Crippen molar-refractivity contribution in [3.8, 4) is 11.5 Å². The van der Waals surface area contributed by atoms with Crippen LogP contribution in [0.4, 0.5) is 4.79 Å². The molecule has 24 heavy (non-hydrogen) atoms. The Kier molecular flexibility index (Phi) is 5.77. The van der Waals surface area contributed by atoms with Crippen molar-refractivity contribution >= 4 is 6.03 Å². The van der Waals surface area contributed by atoms with E-state index < -0.39 is 0 Å². The summed E-state index contributed by atoms with van der Waals surface area (Å²) in [6.45, 7) is 7.13. The molecule has 0 spiro atoms. The number of fused-ring (bicyclic) bond motifs is 1. The molecule has 132 valence electrons. The van der Waals surface area contributed by atoms with Crippen LogP contribution in [0.3, 0.4) is 0 Å². The second-order valence-electron chi connectivity index (χ2n) is 6.15. The standard InChI is InChI=1S/C17H25N3O4/c1-13(11-20-6-8-22-9-7-20)19-17(21)18-5-4-14-2-3-15-16(10-14)24-12-23-15/h2-3,10,13H,4-9,11-12H2,1H3,(H2,18,19,21)/t13-/m0/s1. The molecule has 0 aliphatic carbocycles. The van der Waals surface area contributed by atoms with Gasteiger partial charge in [-0.2, -0.15) is 0 Å². The summed E-state index contributed by atoms with van der Waals surface area (Å²) in [6.07, 6.45) is 0.752. The lowest BCUT2D eigenvalue weighted by molar-refractivity contribution is 0.0349. The van der Waals surface area contributed by atoms with Gasteiger partial charge < -0.3 is 24.8 Å². The smallest absolute Gasteiger partial charge is 0.315 e. The fourth-order valence-electron chi connectivity index (χ4n) is 2.91. The Morgan fingerprint density at radius 1 is 1.25 bits per heavy atom. The molecule has 2 aliphatic heterocycles. The van der Waals surface area contributed by atoms with Gasteiger partial charge in [-0.15, -0.1) is 0 Å². The predicted molar refractivity (Wildman–Crippen MR) is 89.5 cm³/mol. The van der Waals surface area contributed by atoms with Crippen LogP contribution >= 0.6 is 0 Å². The molecule has 0 bridgehead atoms. The van der Waals surface area contributed by atoms with E-state index in [1.807, 2.05) is 25.1 Å². The molecule has 0 saturated carbocycles. The Hall–Kier alpha value is -1.99. The minimum Gasteiger partial charge on any atom is -0.454 e. The van der Waals surface area contributed by atoms with Gasteiger partial charge in [-0.25, -0.2) is 4.79 Å². The Morgan fingerprint density at radius 3 is 2.88 bits per heavy atom. The van der Waals surface area contributed by atoms with Crippen LogP contribution in [0, 0.1) is 0 Å². The number of rotatable bonds is 6. The van der Waals surface area contributed by atoms with Crippen LogP contribution in [0.5, 0.6) is 11.5 Å². The number of urea groups is 1. The van der Waals surface area contributed by atoms with E-state index in [1.54, 1.807) is 0 Å². The molecule has 2 aliphatic rings. The largest absolute Gasteiger partial charge is 0.454 e.